The number of hydrogen-bond donors (Lipinski definition) is 1. The van der Waals surface area contributed by atoms with Crippen LogP contribution < -0.4 is 19.3 Å². The highest BCUT2D eigenvalue weighted by atomic mass is 16.5. The number of nitrogens with zero attached hydrogens (tertiary/aromatic N) is 2. The van der Waals surface area contributed by atoms with Crippen LogP contribution >= 0.6 is 0 Å². The molecule has 2 heterocycles. The Morgan fingerprint density at radius 3 is 1.81 bits per heavy atom. The number of carbonyl (C=O) groups is 4. The Morgan fingerprint density at radius 1 is 0.723 bits per heavy atom. The quantitative estimate of drug-likeness (QED) is 0.262. The molecule has 2 aliphatic carbocycles. The van der Waals surface area contributed by atoms with Gasteiger partial charge in [0.2, 0.25) is 23.6 Å². The third-order valence-corrected chi connectivity index (χ3v) is 10.3. The number of allylic oxidation sites excluding steroid dienone is 2. The minimum absolute atomic E-state index is 0.152. The molecule has 1 N–H and O–H groups in total. The first-order chi connectivity index (χ1) is 22.7. The summed E-state index contributed by atoms with van der Waals surface area (Å²) in [6.45, 7) is 7.56. The van der Waals surface area contributed by atoms with Crippen LogP contribution in [0.5, 0.6) is 17.2 Å². The van der Waals surface area contributed by atoms with Gasteiger partial charge in [0.1, 0.15) is 17.2 Å². The Morgan fingerprint density at radius 2 is 1.28 bits per heavy atom. The summed E-state index contributed by atoms with van der Waals surface area (Å²) in [7, 11) is 2.93. The van der Waals surface area contributed by atoms with Crippen molar-refractivity contribution in [2.45, 2.75) is 18.8 Å². The van der Waals surface area contributed by atoms with E-state index in [2.05, 4.69) is 13.2 Å². The molecule has 4 aliphatic rings. The number of rotatable bonds is 7. The van der Waals surface area contributed by atoms with Crippen molar-refractivity contribution < 1.29 is 33.8 Å². The number of imide groups is 2. The fourth-order valence-electron chi connectivity index (χ4n) is 8.12. The van der Waals surface area contributed by atoms with Gasteiger partial charge in [-0.3, -0.25) is 29.0 Å². The van der Waals surface area contributed by atoms with Crippen LogP contribution in [0, 0.1) is 29.6 Å². The Hall–Kier alpha value is -5.44. The van der Waals surface area contributed by atoms with Gasteiger partial charge >= 0.3 is 0 Å². The van der Waals surface area contributed by atoms with Gasteiger partial charge in [0.15, 0.2) is 0 Å². The molecule has 0 radical (unpaired) electrons. The van der Waals surface area contributed by atoms with Gasteiger partial charge in [-0.2, -0.15) is 0 Å². The number of carbonyl (C=O) groups excluding carboxylic acids is 4. The summed E-state index contributed by atoms with van der Waals surface area (Å²) in [5, 5.41) is 11.5. The Balaban J connectivity index is 1.36. The van der Waals surface area contributed by atoms with Gasteiger partial charge < -0.3 is 14.6 Å². The van der Waals surface area contributed by atoms with E-state index in [0.717, 1.165) is 16.7 Å². The standard InChI is InChI=1S/C38H34N2O7/c1-5-20-7-11-22(12-8-20)39-35(42)26-16-15-25-27(31(26)37(39)44)19-28-33(32(25)34-29(41)17-24(46-3)18-30(34)47-4)38(45)40(36(28)43)23-13-9-21(6-2)10-14-23/h5-15,17-18,26-28,31-33,41H,1-2,16,19H2,3-4H3. The molecule has 9 heteroatoms. The molecule has 238 valence electrons. The number of anilines is 2. The number of phenolic OH excluding ortho intramolecular Hbond substituents is 1. The largest absolute Gasteiger partial charge is 0.507 e. The van der Waals surface area contributed by atoms with Gasteiger partial charge in [-0.25, -0.2) is 0 Å². The lowest BCUT2D eigenvalue weighted by atomic mass is 9.57. The van der Waals surface area contributed by atoms with E-state index in [0.29, 0.717) is 28.4 Å². The molecule has 3 aromatic rings. The van der Waals surface area contributed by atoms with Gasteiger partial charge in [-0.15, -0.1) is 0 Å². The van der Waals surface area contributed by atoms with E-state index in [9.17, 15) is 24.3 Å². The van der Waals surface area contributed by atoms with Crippen LogP contribution in [-0.4, -0.2) is 43.0 Å². The summed E-state index contributed by atoms with van der Waals surface area (Å²) in [6, 6.07) is 17.1. The zero-order valence-electron chi connectivity index (χ0n) is 26.1. The third-order valence-electron chi connectivity index (χ3n) is 10.3. The molecule has 6 atom stereocenters. The monoisotopic (exact) mass is 630 g/mol. The molecule has 3 fully saturated rings. The van der Waals surface area contributed by atoms with Crippen molar-refractivity contribution in [1.29, 1.82) is 0 Å². The second kappa shape index (κ2) is 11.4. The number of aromatic hydroxyl groups is 1. The molecule has 0 spiro atoms. The lowest BCUT2D eigenvalue weighted by molar-refractivity contribution is -0.126. The maximum atomic E-state index is 14.4. The van der Waals surface area contributed by atoms with Crippen molar-refractivity contribution >= 4 is 47.2 Å². The fourth-order valence-corrected chi connectivity index (χ4v) is 8.12. The number of hydrogen-bond acceptors (Lipinski definition) is 7. The number of phenols is 1. The number of amides is 4. The summed E-state index contributed by atoms with van der Waals surface area (Å²) in [5.41, 5.74) is 3.70. The summed E-state index contributed by atoms with van der Waals surface area (Å²) < 4.78 is 11.1. The second-order valence-corrected chi connectivity index (χ2v) is 12.4. The molecule has 3 aromatic carbocycles. The number of fused-ring (bicyclic) bond motifs is 4. The molecule has 9 nitrogen and oxygen atoms in total. The third kappa shape index (κ3) is 4.52. The van der Waals surface area contributed by atoms with Crippen molar-refractivity contribution in [2.24, 2.45) is 29.6 Å². The average molecular weight is 631 g/mol. The van der Waals surface area contributed by atoms with Crippen LogP contribution in [0.25, 0.3) is 12.2 Å². The van der Waals surface area contributed by atoms with Gasteiger partial charge in [-0.05, 0) is 54.2 Å². The predicted octanol–water partition coefficient (Wildman–Crippen LogP) is 5.74. The molecule has 1 saturated carbocycles. The van der Waals surface area contributed by atoms with E-state index in [1.165, 1.54) is 30.1 Å². The lowest BCUT2D eigenvalue weighted by Crippen LogP contribution is -2.43. The molecule has 7 rings (SSSR count). The lowest BCUT2D eigenvalue weighted by Gasteiger charge is -2.44. The van der Waals surface area contributed by atoms with Gasteiger partial charge in [0.25, 0.3) is 0 Å². The first-order valence-corrected chi connectivity index (χ1v) is 15.6. The van der Waals surface area contributed by atoms with Crippen molar-refractivity contribution in [1.82, 2.24) is 0 Å². The summed E-state index contributed by atoms with van der Waals surface area (Å²) in [6.07, 6.45) is 5.79. The van der Waals surface area contributed by atoms with Crippen LogP contribution in [-0.2, 0) is 19.2 Å². The minimum Gasteiger partial charge on any atom is -0.507 e. The number of methoxy groups -OCH3 is 2. The molecule has 2 aliphatic heterocycles. The summed E-state index contributed by atoms with van der Waals surface area (Å²) in [4.78, 5) is 59.2. The normalized spacial score (nSPS) is 26.4. The zero-order chi connectivity index (χ0) is 33.1. The van der Waals surface area contributed by atoms with Crippen LogP contribution in [0.3, 0.4) is 0 Å². The number of benzene rings is 3. The van der Waals surface area contributed by atoms with E-state index in [4.69, 9.17) is 9.47 Å². The van der Waals surface area contributed by atoms with E-state index in [1.807, 2.05) is 6.08 Å². The second-order valence-electron chi connectivity index (χ2n) is 12.4. The van der Waals surface area contributed by atoms with Crippen molar-refractivity contribution in [3.05, 3.63) is 102 Å². The first-order valence-electron chi connectivity index (χ1n) is 15.6. The Labute approximate surface area is 272 Å². The van der Waals surface area contributed by atoms with Crippen LogP contribution in [0.15, 0.2) is 85.5 Å². The molecular formula is C38H34N2O7. The van der Waals surface area contributed by atoms with Crippen LogP contribution in [0.1, 0.15) is 35.4 Å². The highest BCUT2D eigenvalue weighted by Crippen LogP contribution is 2.60. The van der Waals surface area contributed by atoms with Gasteiger partial charge in [0, 0.05) is 23.6 Å². The van der Waals surface area contributed by atoms with Crippen LogP contribution in [0.4, 0.5) is 11.4 Å². The summed E-state index contributed by atoms with van der Waals surface area (Å²) in [5.74, 6) is -5.25. The molecule has 4 amide bonds. The maximum Gasteiger partial charge on any atom is 0.238 e. The highest BCUT2D eigenvalue weighted by molar-refractivity contribution is 6.24. The van der Waals surface area contributed by atoms with E-state index >= 15 is 0 Å². The van der Waals surface area contributed by atoms with E-state index in [1.54, 1.807) is 66.7 Å². The molecule has 47 heavy (non-hydrogen) atoms. The zero-order valence-corrected chi connectivity index (χ0v) is 26.1. The van der Waals surface area contributed by atoms with Crippen molar-refractivity contribution in [2.75, 3.05) is 24.0 Å². The highest BCUT2D eigenvalue weighted by Gasteiger charge is 2.63. The summed E-state index contributed by atoms with van der Waals surface area (Å²) >= 11 is 0. The van der Waals surface area contributed by atoms with Gasteiger partial charge in [0.05, 0.1) is 49.3 Å². The van der Waals surface area contributed by atoms with E-state index < -0.39 is 41.4 Å². The minimum atomic E-state index is -0.872. The molecule has 6 unspecified atom stereocenters. The maximum absolute atomic E-state index is 14.4. The topological polar surface area (TPSA) is 113 Å². The number of ether oxygens (including phenoxy) is 2. The SMILES string of the molecule is C=Cc1ccc(N2C(=O)C3CC=C4C(CC5C(=O)N(c6ccc(C=C)cc6)C(=O)C5C4c4c(O)cc(OC)cc4OC)C3C2=O)cc1. The van der Waals surface area contributed by atoms with Crippen LogP contribution in [0.2, 0.25) is 0 Å². The molecular weight excluding hydrogens is 596 g/mol. The predicted molar refractivity (Wildman–Crippen MR) is 177 cm³/mol. The van der Waals surface area contributed by atoms with Crippen molar-refractivity contribution in [3.63, 3.8) is 0 Å². The fraction of sp³-hybridized carbons (Fsp3) is 0.263. The molecule has 0 bridgehead atoms. The molecule has 0 aromatic heterocycles. The average Bonchev–Trinajstić information content (AvgIpc) is 3.50. The van der Waals surface area contributed by atoms with Gasteiger partial charge in [-0.1, -0.05) is 61.2 Å². The first kappa shape index (κ1) is 30.2. The Bertz CT molecular complexity index is 1880. The van der Waals surface area contributed by atoms with E-state index in [-0.39, 0.29) is 36.3 Å². The molecule has 2 saturated heterocycles. The smallest absolute Gasteiger partial charge is 0.238 e. The Kier molecular flexibility index (Phi) is 7.34. The van der Waals surface area contributed by atoms with Crippen molar-refractivity contribution in [3.8, 4) is 17.2 Å².